The standard InChI is InChI=1S/C11H11F3O2/c1-3-7-6-8(11(12,13)14)4-5-9(7)10(15)16-2/h4-6H,3H2,1-2H3. The van der Waals surface area contributed by atoms with Gasteiger partial charge in [0.05, 0.1) is 18.2 Å². The first-order valence-corrected chi connectivity index (χ1v) is 4.68. The van der Waals surface area contributed by atoms with Crippen LogP contribution in [-0.4, -0.2) is 13.1 Å². The molecule has 0 aromatic heterocycles. The molecule has 0 N–H and O–H groups in total. The topological polar surface area (TPSA) is 26.3 Å². The predicted octanol–water partition coefficient (Wildman–Crippen LogP) is 3.05. The van der Waals surface area contributed by atoms with Gasteiger partial charge < -0.3 is 4.74 Å². The largest absolute Gasteiger partial charge is 0.465 e. The van der Waals surface area contributed by atoms with Gasteiger partial charge in [0.25, 0.3) is 0 Å². The quantitative estimate of drug-likeness (QED) is 0.732. The molecule has 5 heteroatoms. The SMILES string of the molecule is CCc1cc(C(F)(F)F)ccc1C(=O)OC. The van der Waals surface area contributed by atoms with Crippen LogP contribution in [0, 0.1) is 0 Å². The average molecular weight is 232 g/mol. The molecule has 1 aromatic rings. The zero-order valence-electron chi connectivity index (χ0n) is 8.89. The summed E-state index contributed by atoms with van der Waals surface area (Å²) in [6, 6.07) is 3.01. The Balaban J connectivity index is 3.22. The fourth-order valence-electron chi connectivity index (χ4n) is 1.37. The van der Waals surface area contributed by atoms with E-state index in [-0.39, 0.29) is 5.56 Å². The lowest BCUT2D eigenvalue weighted by Crippen LogP contribution is -2.10. The Labute approximate surface area is 91.0 Å². The molecule has 88 valence electrons. The van der Waals surface area contributed by atoms with Crippen LogP contribution in [0.4, 0.5) is 13.2 Å². The van der Waals surface area contributed by atoms with Gasteiger partial charge >= 0.3 is 12.1 Å². The Kier molecular flexibility index (Phi) is 3.57. The highest BCUT2D eigenvalue weighted by atomic mass is 19.4. The lowest BCUT2D eigenvalue weighted by atomic mass is 10.0. The van der Waals surface area contributed by atoms with E-state index in [1.54, 1.807) is 6.92 Å². The van der Waals surface area contributed by atoms with E-state index in [2.05, 4.69) is 4.74 Å². The molecule has 0 aliphatic rings. The summed E-state index contributed by atoms with van der Waals surface area (Å²) in [7, 11) is 1.19. The molecule has 0 saturated carbocycles. The number of aryl methyl sites for hydroxylation is 1. The van der Waals surface area contributed by atoms with Gasteiger partial charge in [0.1, 0.15) is 0 Å². The van der Waals surface area contributed by atoms with Crippen molar-refractivity contribution in [2.45, 2.75) is 19.5 Å². The predicted molar refractivity (Wildman–Crippen MR) is 52.2 cm³/mol. The molecule has 0 aliphatic heterocycles. The molecule has 0 spiro atoms. The van der Waals surface area contributed by atoms with Gasteiger partial charge in [-0.15, -0.1) is 0 Å². The number of hydrogen-bond acceptors (Lipinski definition) is 2. The first kappa shape index (κ1) is 12.5. The maximum atomic E-state index is 12.4. The minimum atomic E-state index is -4.39. The van der Waals surface area contributed by atoms with Crippen molar-refractivity contribution < 1.29 is 22.7 Å². The maximum absolute atomic E-state index is 12.4. The molecular formula is C11H11F3O2. The van der Waals surface area contributed by atoms with E-state index in [1.165, 1.54) is 7.11 Å². The Hall–Kier alpha value is -1.52. The number of halogens is 3. The van der Waals surface area contributed by atoms with Gasteiger partial charge in [-0.3, -0.25) is 0 Å². The number of alkyl halides is 3. The number of ether oxygens (including phenoxy) is 1. The lowest BCUT2D eigenvalue weighted by Gasteiger charge is -2.11. The van der Waals surface area contributed by atoms with Crippen molar-refractivity contribution in [2.24, 2.45) is 0 Å². The van der Waals surface area contributed by atoms with Crippen molar-refractivity contribution in [2.75, 3.05) is 7.11 Å². The molecular weight excluding hydrogens is 221 g/mol. The van der Waals surface area contributed by atoms with Crippen LogP contribution in [-0.2, 0) is 17.3 Å². The molecule has 0 saturated heterocycles. The molecule has 0 heterocycles. The van der Waals surface area contributed by atoms with Crippen LogP contribution < -0.4 is 0 Å². The first-order valence-electron chi connectivity index (χ1n) is 4.68. The molecule has 1 rings (SSSR count). The zero-order chi connectivity index (χ0) is 12.3. The number of hydrogen-bond donors (Lipinski definition) is 0. The van der Waals surface area contributed by atoms with E-state index in [4.69, 9.17) is 0 Å². The highest BCUT2D eigenvalue weighted by Gasteiger charge is 2.31. The van der Waals surface area contributed by atoms with E-state index in [0.717, 1.165) is 18.2 Å². The van der Waals surface area contributed by atoms with Crippen LogP contribution in [0.5, 0.6) is 0 Å². The van der Waals surface area contributed by atoms with E-state index >= 15 is 0 Å². The second kappa shape index (κ2) is 4.55. The van der Waals surface area contributed by atoms with Crippen LogP contribution in [0.3, 0.4) is 0 Å². The number of rotatable bonds is 2. The summed E-state index contributed by atoms with van der Waals surface area (Å²) in [5.74, 6) is -0.620. The Bertz CT molecular complexity index is 397. The van der Waals surface area contributed by atoms with Gasteiger partial charge in [-0.25, -0.2) is 4.79 Å². The molecule has 0 fully saturated rings. The van der Waals surface area contributed by atoms with Gasteiger partial charge in [-0.05, 0) is 30.2 Å². The Morgan fingerprint density at radius 2 is 2.00 bits per heavy atom. The summed E-state index contributed by atoms with van der Waals surface area (Å²) < 4.78 is 41.7. The van der Waals surface area contributed by atoms with Crippen LogP contribution in [0.15, 0.2) is 18.2 Å². The summed E-state index contributed by atoms with van der Waals surface area (Å²) in [4.78, 5) is 11.3. The van der Waals surface area contributed by atoms with Crippen LogP contribution >= 0.6 is 0 Å². The maximum Gasteiger partial charge on any atom is 0.416 e. The lowest BCUT2D eigenvalue weighted by molar-refractivity contribution is -0.137. The Morgan fingerprint density at radius 1 is 1.38 bits per heavy atom. The number of esters is 1. The third-order valence-corrected chi connectivity index (χ3v) is 2.22. The fourth-order valence-corrected chi connectivity index (χ4v) is 1.37. The third kappa shape index (κ3) is 2.53. The van der Waals surface area contributed by atoms with Gasteiger partial charge in [0.2, 0.25) is 0 Å². The molecule has 1 aromatic carbocycles. The van der Waals surface area contributed by atoms with Crippen LogP contribution in [0.1, 0.15) is 28.4 Å². The highest BCUT2D eigenvalue weighted by Crippen LogP contribution is 2.30. The van der Waals surface area contributed by atoms with Crippen molar-refractivity contribution in [3.8, 4) is 0 Å². The molecule has 0 amide bonds. The molecule has 0 radical (unpaired) electrons. The third-order valence-electron chi connectivity index (χ3n) is 2.22. The molecule has 0 atom stereocenters. The van der Waals surface area contributed by atoms with Gasteiger partial charge in [0, 0.05) is 0 Å². The number of methoxy groups -OCH3 is 1. The van der Waals surface area contributed by atoms with Crippen LogP contribution in [0.25, 0.3) is 0 Å². The van der Waals surface area contributed by atoms with Crippen molar-refractivity contribution in [3.05, 3.63) is 34.9 Å². The normalized spacial score (nSPS) is 11.3. The summed E-state index contributed by atoms with van der Waals surface area (Å²) >= 11 is 0. The molecule has 16 heavy (non-hydrogen) atoms. The van der Waals surface area contributed by atoms with Crippen molar-refractivity contribution >= 4 is 5.97 Å². The average Bonchev–Trinajstić information content (AvgIpc) is 2.26. The smallest absolute Gasteiger partial charge is 0.416 e. The number of benzene rings is 1. The summed E-state index contributed by atoms with van der Waals surface area (Å²) in [6.07, 6.45) is -4.05. The van der Waals surface area contributed by atoms with Gasteiger partial charge in [-0.1, -0.05) is 6.92 Å². The molecule has 0 aliphatic carbocycles. The first-order chi connectivity index (χ1) is 7.40. The van der Waals surface area contributed by atoms with E-state index in [1.807, 2.05) is 0 Å². The van der Waals surface area contributed by atoms with Crippen molar-refractivity contribution in [3.63, 3.8) is 0 Å². The second-order valence-electron chi connectivity index (χ2n) is 3.21. The van der Waals surface area contributed by atoms with Gasteiger partial charge in [-0.2, -0.15) is 13.2 Å². The highest BCUT2D eigenvalue weighted by molar-refractivity contribution is 5.91. The second-order valence-corrected chi connectivity index (χ2v) is 3.21. The summed E-state index contributed by atoms with van der Waals surface area (Å²) in [6.45, 7) is 1.68. The van der Waals surface area contributed by atoms with Crippen molar-refractivity contribution in [1.29, 1.82) is 0 Å². The minimum Gasteiger partial charge on any atom is -0.465 e. The van der Waals surface area contributed by atoms with Crippen LogP contribution in [0.2, 0.25) is 0 Å². The molecule has 2 nitrogen and oxygen atoms in total. The minimum absolute atomic E-state index is 0.179. The Morgan fingerprint density at radius 3 is 2.44 bits per heavy atom. The van der Waals surface area contributed by atoms with Crippen molar-refractivity contribution in [1.82, 2.24) is 0 Å². The summed E-state index contributed by atoms with van der Waals surface area (Å²) in [5, 5.41) is 0. The van der Waals surface area contributed by atoms with E-state index in [9.17, 15) is 18.0 Å². The molecule has 0 unspecified atom stereocenters. The monoisotopic (exact) mass is 232 g/mol. The van der Waals surface area contributed by atoms with E-state index < -0.39 is 17.7 Å². The molecule has 0 bridgehead atoms. The van der Waals surface area contributed by atoms with E-state index in [0.29, 0.717) is 12.0 Å². The number of carbonyl (C=O) groups is 1. The van der Waals surface area contributed by atoms with Gasteiger partial charge in [0.15, 0.2) is 0 Å². The zero-order valence-corrected chi connectivity index (χ0v) is 8.89. The fraction of sp³-hybridized carbons (Fsp3) is 0.364. The number of carbonyl (C=O) groups excluding carboxylic acids is 1. The summed E-state index contributed by atoms with van der Waals surface area (Å²) in [5.41, 5.74) is -0.239.